The third kappa shape index (κ3) is 4.46. The van der Waals surface area contributed by atoms with E-state index in [9.17, 15) is 4.79 Å². The van der Waals surface area contributed by atoms with Crippen molar-refractivity contribution in [2.75, 3.05) is 0 Å². The van der Waals surface area contributed by atoms with Gasteiger partial charge < -0.3 is 4.74 Å². The lowest BCUT2D eigenvalue weighted by Crippen LogP contribution is -2.23. The SMILES string of the molecule is C=CCCC(=O)OC1CCC(c2ccc(C#N)cc2)CC1. The van der Waals surface area contributed by atoms with E-state index in [4.69, 9.17) is 10.00 Å². The summed E-state index contributed by atoms with van der Waals surface area (Å²) < 4.78 is 5.48. The van der Waals surface area contributed by atoms with Crippen LogP contribution in [0.3, 0.4) is 0 Å². The number of rotatable bonds is 5. The highest BCUT2D eigenvalue weighted by atomic mass is 16.5. The molecule has 1 aliphatic carbocycles. The van der Waals surface area contributed by atoms with Crippen LogP contribution in [0.5, 0.6) is 0 Å². The summed E-state index contributed by atoms with van der Waals surface area (Å²) in [5, 5.41) is 8.81. The van der Waals surface area contributed by atoms with Gasteiger partial charge in [-0.25, -0.2) is 0 Å². The fourth-order valence-electron chi connectivity index (χ4n) is 2.81. The molecule has 2 rings (SSSR count). The lowest BCUT2D eigenvalue weighted by atomic mass is 9.82. The summed E-state index contributed by atoms with van der Waals surface area (Å²) in [6, 6.07) is 9.96. The Morgan fingerprint density at radius 2 is 1.95 bits per heavy atom. The van der Waals surface area contributed by atoms with Crippen LogP contribution in [0.4, 0.5) is 0 Å². The van der Waals surface area contributed by atoms with Crippen molar-refractivity contribution in [2.24, 2.45) is 0 Å². The van der Waals surface area contributed by atoms with Crippen LogP contribution >= 0.6 is 0 Å². The fourth-order valence-corrected chi connectivity index (χ4v) is 2.81. The molecule has 0 bridgehead atoms. The zero-order valence-corrected chi connectivity index (χ0v) is 12.3. The van der Waals surface area contributed by atoms with Crippen LogP contribution < -0.4 is 0 Å². The van der Waals surface area contributed by atoms with Gasteiger partial charge in [0.2, 0.25) is 0 Å². The highest BCUT2D eigenvalue weighted by Gasteiger charge is 2.24. The number of hydrogen-bond donors (Lipinski definition) is 0. The van der Waals surface area contributed by atoms with E-state index in [1.165, 1.54) is 5.56 Å². The van der Waals surface area contributed by atoms with Crippen molar-refractivity contribution in [3.8, 4) is 6.07 Å². The minimum atomic E-state index is -0.114. The molecule has 1 saturated carbocycles. The Bertz CT molecular complexity index is 519. The number of ether oxygens (including phenoxy) is 1. The van der Waals surface area contributed by atoms with E-state index in [1.807, 2.05) is 24.3 Å². The van der Waals surface area contributed by atoms with Gasteiger partial charge in [-0.1, -0.05) is 18.2 Å². The molecule has 0 radical (unpaired) electrons. The average molecular weight is 283 g/mol. The van der Waals surface area contributed by atoms with Crippen LogP contribution in [0, 0.1) is 11.3 Å². The van der Waals surface area contributed by atoms with Gasteiger partial charge in [-0.05, 0) is 55.7 Å². The van der Waals surface area contributed by atoms with E-state index in [0.717, 1.165) is 25.7 Å². The topological polar surface area (TPSA) is 50.1 Å². The maximum absolute atomic E-state index is 11.6. The molecule has 0 N–H and O–H groups in total. The summed E-state index contributed by atoms with van der Waals surface area (Å²) in [4.78, 5) is 11.6. The highest BCUT2D eigenvalue weighted by molar-refractivity contribution is 5.69. The second-order valence-corrected chi connectivity index (χ2v) is 5.52. The Morgan fingerprint density at radius 1 is 1.29 bits per heavy atom. The van der Waals surface area contributed by atoms with Gasteiger partial charge in [0, 0.05) is 6.42 Å². The third-order valence-corrected chi connectivity index (χ3v) is 4.04. The first-order valence-electron chi connectivity index (χ1n) is 7.53. The average Bonchev–Trinajstić information content (AvgIpc) is 2.54. The van der Waals surface area contributed by atoms with Gasteiger partial charge in [0.15, 0.2) is 0 Å². The molecule has 0 heterocycles. The number of benzene rings is 1. The van der Waals surface area contributed by atoms with Gasteiger partial charge in [0.05, 0.1) is 11.6 Å². The number of carbonyl (C=O) groups excluding carboxylic acids is 1. The Balaban J connectivity index is 1.81. The molecule has 1 fully saturated rings. The molecule has 0 atom stereocenters. The van der Waals surface area contributed by atoms with E-state index in [0.29, 0.717) is 24.3 Å². The highest BCUT2D eigenvalue weighted by Crippen LogP contribution is 2.34. The summed E-state index contributed by atoms with van der Waals surface area (Å²) in [6.07, 6.45) is 6.82. The van der Waals surface area contributed by atoms with Crippen LogP contribution in [-0.2, 0) is 9.53 Å². The maximum Gasteiger partial charge on any atom is 0.306 e. The lowest BCUT2D eigenvalue weighted by molar-refractivity contribution is -0.150. The van der Waals surface area contributed by atoms with Gasteiger partial charge in [-0.2, -0.15) is 5.26 Å². The van der Waals surface area contributed by atoms with Crippen LogP contribution in [0.25, 0.3) is 0 Å². The van der Waals surface area contributed by atoms with Gasteiger partial charge >= 0.3 is 5.97 Å². The monoisotopic (exact) mass is 283 g/mol. The first-order valence-corrected chi connectivity index (χ1v) is 7.53. The second-order valence-electron chi connectivity index (χ2n) is 5.52. The summed E-state index contributed by atoms with van der Waals surface area (Å²) in [5.74, 6) is 0.401. The van der Waals surface area contributed by atoms with Crippen LogP contribution in [0.2, 0.25) is 0 Å². The van der Waals surface area contributed by atoms with E-state index < -0.39 is 0 Å². The number of nitrogens with zero attached hydrogens (tertiary/aromatic N) is 1. The zero-order valence-electron chi connectivity index (χ0n) is 12.3. The van der Waals surface area contributed by atoms with E-state index >= 15 is 0 Å². The number of hydrogen-bond acceptors (Lipinski definition) is 3. The largest absolute Gasteiger partial charge is 0.462 e. The number of nitriles is 1. The molecule has 0 aromatic heterocycles. The van der Waals surface area contributed by atoms with Gasteiger partial charge in [0.1, 0.15) is 6.10 Å². The van der Waals surface area contributed by atoms with Crippen molar-refractivity contribution in [1.29, 1.82) is 5.26 Å². The molecule has 1 aliphatic rings. The molecule has 1 aromatic rings. The van der Waals surface area contributed by atoms with Crippen molar-refractivity contribution in [3.05, 3.63) is 48.0 Å². The fraction of sp³-hybridized carbons (Fsp3) is 0.444. The van der Waals surface area contributed by atoms with Gasteiger partial charge in [-0.15, -0.1) is 6.58 Å². The van der Waals surface area contributed by atoms with Crippen molar-refractivity contribution in [1.82, 2.24) is 0 Å². The van der Waals surface area contributed by atoms with Crippen LogP contribution in [0.15, 0.2) is 36.9 Å². The lowest BCUT2D eigenvalue weighted by Gasteiger charge is -2.28. The molecule has 0 aliphatic heterocycles. The van der Waals surface area contributed by atoms with E-state index in [2.05, 4.69) is 12.6 Å². The Morgan fingerprint density at radius 3 is 2.52 bits per heavy atom. The normalized spacial score (nSPS) is 21.3. The molecule has 110 valence electrons. The standard InChI is InChI=1S/C18H21NO2/c1-2-3-4-18(20)21-17-11-9-16(10-12-17)15-7-5-14(13-19)6-8-15/h2,5-8,16-17H,1,3-4,9-12H2. The third-order valence-electron chi connectivity index (χ3n) is 4.04. The molecule has 3 heteroatoms. The van der Waals surface area contributed by atoms with Gasteiger partial charge in [0.25, 0.3) is 0 Å². The predicted molar refractivity (Wildman–Crippen MR) is 81.7 cm³/mol. The van der Waals surface area contributed by atoms with Crippen LogP contribution in [0.1, 0.15) is 55.6 Å². The van der Waals surface area contributed by atoms with Crippen molar-refractivity contribution >= 4 is 5.97 Å². The zero-order chi connectivity index (χ0) is 15.1. The van der Waals surface area contributed by atoms with Crippen molar-refractivity contribution in [2.45, 2.75) is 50.5 Å². The van der Waals surface area contributed by atoms with E-state index in [1.54, 1.807) is 6.08 Å². The van der Waals surface area contributed by atoms with Crippen molar-refractivity contribution in [3.63, 3.8) is 0 Å². The Kier molecular flexibility index (Phi) is 5.57. The summed E-state index contributed by atoms with van der Waals surface area (Å²) in [5.41, 5.74) is 1.98. The quantitative estimate of drug-likeness (QED) is 0.604. The smallest absolute Gasteiger partial charge is 0.306 e. The molecule has 0 amide bonds. The van der Waals surface area contributed by atoms with Crippen LogP contribution in [-0.4, -0.2) is 12.1 Å². The molecule has 0 saturated heterocycles. The van der Waals surface area contributed by atoms with Crippen molar-refractivity contribution < 1.29 is 9.53 Å². The van der Waals surface area contributed by atoms with Gasteiger partial charge in [-0.3, -0.25) is 4.79 Å². The number of allylic oxidation sites excluding steroid dienone is 1. The predicted octanol–water partition coefficient (Wildman–Crippen LogP) is 4.09. The maximum atomic E-state index is 11.6. The molecule has 1 aromatic carbocycles. The molecular formula is C18H21NO2. The Labute approximate surface area is 126 Å². The summed E-state index contributed by atoms with van der Waals surface area (Å²) >= 11 is 0. The minimum Gasteiger partial charge on any atom is -0.462 e. The Hall–Kier alpha value is -2.08. The first kappa shape index (κ1) is 15.3. The molecular weight excluding hydrogens is 262 g/mol. The number of esters is 1. The molecule has 3 nitrogen and oxygen atoms in total. The second kappa shape index (κ2) is 7.64. The summed E-state index contributed by atoms with van der Waals surface area (Å²) in [7, 11) is 0. The first-order chi connectivity index (χ1) is 10.2. The molecule has 0 spiro atoms. The molecule has 0 unspecified atom stereocenters. The number of carbonyl (C=O) groups is 1. The molecule has 21 heavy (non-hydrogen) atoms. The minimum absolute atomic E-state index is 0.0666. The van der Waals surface area contributed by atoms with E-state index in [-0.39, 0.29) is 12.1 Å². The summed E-state index contributed by atoms with van der Waals surface area (Å²) in [6.45, 7) is 3.61.